The number of aromatic nitrogens is 3. The third kappa shape index (κ3) is 6.37. The van der Waals surface area contributed by atoms with E-state index in [9.17, 15) is 9.59 Å². The number of ether oxygens (including phenoxy) is 1. The summed E-state index contributed by atoms with van der Waals surface area (Å²) in [6.45, 7) is 6.44. The summed E-state index contributed by atoms with van der Waals surface area (Å²) in [5.74, 6) is 0.459. The molecule has 36 heavy (non-hydrogen) atoms. The summed E-state index contributed by atoms with van der Waals surface area (Å²) in [5.41, 5.74) is 4.32. The summed E-state index contributed by atoms with van der Waals surface area (Å²) in [6, 6.07) is 16.8. The molecule has 0 aliphatic carbocycles. The molecule has 4 aromatic rings. The molecule has 0 aliphatic heterocycles. The monoisotopic (exact) mass is 503 g/mol. The lowest BCUT2D eigenvalue weighted by molar-refractivity contribution is 0.0935. The number of para-hydroxylation sites is 1. The maximum Gasteiger partial charge on any atom is 0.322 e. The molecular formula is C27H29N5O3S. The van der Waals surface area contributed by atoms with Gasteiger partial charge in [0.05, 0.1) is 5.52 Å². The van der Waals surface area contributed by atoms with Crippen LogP contribution in [0.5, 0.6) is 5.75 Å². The third-order valence-corrected chi connectivity index (χ3v) is 6.56. The Hall–Kier alpha value is -3.98. The van der Waals surface area contributed by atoms with Crippen LogP contribution in [0.2, 0.25) is 0 Å². The average molecular weight is 504 g/mol. The van der Waals surface area contributed by atoms with Gasteiger partial charge in [-0.2, -0.15) is 5.10 Å². The van der Waals surface area contributed by atoms with Gasteiger partial charge in [-0.3, -0.25) is 14.6 Å². The molecule has 9 heteroatoms. The molecule has 0 bridgehead atoms. The number of hydrogen-bond donors (Lipinski definition) is 2. The SMILES string of the molecule is C=C(CC(Cc1n[nH]c(=O)s1)NC(=O)c1ccc(OCc2cc(C)nc3ccccc23)cc1)N(C)C. The van der Waals surface area contributed by atoms with E-state index in [2.05, 4.69) is 27.1 Å². The van der Waals surface area contributed by atoms with E-state index in [0.717, 1.165) is 39.2 Å². The molecule has 4 rings (SSSR count). The molecule has 0 radical (unpaired) electrons. The van der Waals surface area contributed by atoms with Crippen molar-refractivity contribution in [3.63, 3.8) is 0 Å². The second kappa shape index (κ2) is 11.2. The van der Waals surface area contributed by atoms with Crippen LogP contribution in [-0.2, 0) is 13.0 Å². The van der Waals surface area contributed by atoms with Crippen LogP contribution in [0.1, 0.15) is 33.0 Å². The Labute approximate surface area is 213 Å². The largest absolute Gasteiger partial charge is 0.489 e. The average Bonchev–Trinajstić information content (AvgIpc) is 3.26. The molecule has 8 nitrogen and oxygen atoms in total. The fourth-order valence-electron chi connectivity index (χ4n) is 3.85. The summed E-state index contributed by atoms with van der Waals surface area (Å²) < 4.78 is 6.01. The highest BCUT2D eigenvalue weighted by molar-refractivity contribution is 7.08. The first-order valence-corrected chi connectivity index (χ1v) is 12.4. The topological polar surface area (TPSA) is 100 Å². The summed E-state index contributed by atoms with van der Waals surface area (Å²) in [5, 5.41) is 11.2. The molecule has 1 atom stereocenters. The van der Waals surface area contributed by atoms with Gasteiger partial charge in [-0.1, -0.05) is 36.1 Å². The standard InChI is InChI=1S/C27H29N5O3S/c1-17-13-20(23-7-5-6-8-24(23)28-17)16-35-22-11-9-19(10-12-22)26(33)29-21(14-18(2)32(3)4)15-25-30-31-27(34)36-25/h5-13,21H,2,14-16H2,1,3-4H3,(H,29,33)(H,31,34). The van der Waals surface area contributed by atoms with Gasteiger partial charge in [0.15, 0.2) is 0 Å². The van der Waals surface area contributed by atoms with E-state index in [1.54, 1.807) is 24.3 Å². The van der Waals surface area contributed by atoms with E-state index in [4.69, 9.17) is 4.74 Å². The van der Waals surface area contributed by atoms with Crippen LogP contribution < -0.4 is 14.9 Å². The maximum absolute atomic E-state index is 13.0. The fraction of sp³-hybridized carbons (Fsp3) is 0.259. The number of amides is 1. The molecule has 0 aliphatic rings. The van der Waals surface area contributed by atoms with Crippen molar-refractivity contribution in [2.75, 3.05) is 14.1 Å². The quantitative estimate of drug-likeness (QED) is 0.338. The van der Waals surface area contributed by atoms with Gasteiger partial charge < -0.3 is 15.0 Å². The minimum atomic E-state index is -0.259. The minimum Gasteiger partial charge on any atom is -0.489 e. The zero-order valence-electron chi connectivity index (χ0n) is 20.6. The van der Waals surface area contributed by atoms with Crippen molar-refractivity contribution in [1.82, 2.24) is 25.4 Å². The molecule has 0 spiro atoms. The van der Waals surface area contributed by atoms with E-state index in [-0.39, 0.29) is 16.8 Å². The highest BCUT2D eigenvalue weighted by Gasteiger charge is 2.18. The summed E-state index contributed by atoms with van der Waals surface area (Å²) >= 11 is 1.04. The van der Waals surface area contributed by atoms with Gasteiger partial charge >= 0.3 is 4.87 Å². The molecule has 2 heterocycles. The first-order chi connectivity index (χ1) is 17.3. The molecular weight excluding hydrogens is 474 g/mol. The molecule has 2 aromatic heterocycles. The first kappa shape index (κ1) is 25.1. The number of pyridine rings is 1. The molecule has 0 fully saturated rings. The number of nitrogens with one attached hydrogen (secondary N) is 2. The zero-order chi connectivity index (χ0) is 25.7. The second-order valence-corrected chi connectivity index (χ2v) is 9.85. The van der Waals surface area contributed by atoms with Gasteiger partial charge in [-0.15, -0.1) is 0 Å². The number of H-pyrrole nitrogens is 1. The molecule has 1 amide bonds. The first-order valence-electron chi connectivity index (χ1n) is 11.6. The molecule has 2 N–H and O–H groups in total. The molecule has 0 saturated carbocycles. The van der Waals surface area contributed by atoms with Crippen LogP contribution >= 0.6 is 11.3 Å². The van der Waals surface area contributed by atoms with E-state index in [1.807, 2.05) is 56.3 Å². The molecule has 1 unspecified atom stereocenters. The normalized spacial score (nSPS) is 11.8. The Morgan fingerprint density at radius 3 is 2.64 bits per heavy atom. The molecule has 0 saturated heterocycles. The Balaban J connectivity index is 1.42. The zero-order valence-corrected chi connectivity index (χ0v) is 21.4. The minimum absolute atomic E-state index is 0.211. The van der Waals surface area contributed by atoms with Gasteiger partial charge in [0, 0.05) is 60.9 Å². The summed E-state index contributed by atoms with van der Waals surface area (Å²) in [6.07, 6.45) is 0.968. The third-order valence-electron chi connectivity index (χ3n) is 5.79. The predicted octanol–water partition coefficient (Wildman–Crippen LogP) is 4.07. The van der Waals surface area contributed by atoms with Crippen molar-refractivity contribution in [3.05, 3.63) is 98.4 Å². The Morgan fingerprint density at radius 1 is 1.19 bits per heavy atom. The number of benzene rings is 2. The van der Waals surface area contributed by atoms with Crippen molar-refractivity contribution < 1.29 is 9.53 Å². The molecule has 186 valence electrons. The summed E-state index contributed by atoms with van der Waals surface area (Å²) in [7, 11) is 3.81. The fourth-order valence-corrected chi connectivity index (χ4v) is 4.53. The van der Waals surface area contributed by atoms with E-state index in [1.165, 1.54) is 0 Å². The predicted molar refractivity (Wildman–Crippen MR) is 142 cm³/mol. The van der Waals surface area contributed by atoms with E-state index >= 15 is 0 Å². The van der Waals surface area contributed by atoms with Gasteiger partial charge in [-0.25, -0.2) is 5.10 Å². The number of nitrogens with zero attached hydrogens (tertiary/aromatic N) is 3. The van der Waals surface area contributed by atoms with Crippen LogP contribution in [0, 0.1) is 6.92 Å². The van der Waals surface area contributed by atoms with E-state index < -0.39 is 0 Å². The highest BCUT2D eigenvalue weighted by Crippen LogP contribution is 2.21. The number of carbonyl (C=O) groups is 1. The number of hydrogen-bond acceptors (Lipinski definition) is 7. The van der Waals surface area contributed by atoms with Gasteiger partial charge in [0.2, 0.25) is 0 Å². The number of aromatic amines is 1. The maximum atomic E-state index is 13.0. The second-order valence-electron chi connectivity index (χ2n) is 8.80. The van der Waals surface area contributed by atoms with Crippen LogP contribution in [0.25, 0.3) is 10.9 Å². The smallest absolute Gasteiger partial charge is 0.322 e. The van der Waals surface area contributed by atoms with Crippen molar-refractivity contribution >= 4 is 28.1 Å². The van der Waals surface area contributed by atoms with Crippen LogP contribution in [0.3, 0.4) is 0 Å². The van der Waals surface area contributed by atoms with Gasteiger partial charge in [0.1, 0.15) is 17.4 Å². The summed E-state index contributed by atoms with van der Waals surface area (Å²) in [4.78, 5) is 30.7. The Kier molecular flexibility index (Phi) is 7.80. The lowest BCUT2D eigenvalue weighted by atomic mass is 10.1. The number of rotatable bonds is 10. The van der Waals surface area contributed by atoms with Crippen molar-refractivity contribution in [1.29, 1.82) is 0 Å². The molecule has 2 aromatic carbocycles. The lowest BCUT2D eigenvalue weighted by Crippen LogP contribution is -2.37. The van der Waals surface area contributed by atoms with Crippen LogP contribution in [-0.4, -0.2) is 46.1 Å². The number of carbonyl (C=O) groups excluding carboxylic acids is 1. The Morgan fingerprint density at radius 2 is 1.94 bits per heavy atom. The number of aryl methyl sites for hydroxylation is 1. The van der Waals surface area contributed by atoms with Crippen molar-refractivity contribution in [3.8, 4) is 5.75 Å². The van der Waals surface area contributed by atoms with Crippen LogP contribution in [0.4, 0.5) is 0 Å². The number of fused-ring (bicyclic) bond motifs is 1. The van der Waals surface area contributed by atoms with Crippen molar-refractivity contribution in [2.24, 2.45) is 0 Å². The highest BCUT2D eigenvalue weighted by atomic mass is 32.1. The Bertz CT molecular complexity index is 1430. The van der Waals surface area contributed by atoms with Crippen molar-refractivity contribution in [2.45, 2.75) is 32.4 Å². The van der Waals surface area contributed by atoms with Crippen LogP contribution in [0.15, 0.2) is 71.7 Å². The lowest BCUT2D eigenvalue weighted by Gasteiger charge is -2.23. The van der Waals surface area contributed by atoms with E-state index in [0.29, 0.717) is 35.8 Å². The van der Waals surface area contributed by atoms with Gasteiger partial charge in [0.25, 0.3) is 5.91 Å². The van der Waals surface area contributed by atoms with Gasteiger partial charge in [-0.05, 0) is 43.3 Å².